The predicted molar refractivity (Wildman–Crippen MR) is 73.2 cm³/mol. The highest BCUT2D eigenvalue weighted by molar-refractivity contribution is 5.94. The second-order valence-corrected chi connectivity index (χ2v) is 4.60. The van der Waals surface area contributed by atoms with Crippen LogP contribution in [0.2, 0.25) is 0 Å². The number of hydrogen-bond acceptors (Lipinski definition) is 2. The average Bonchev–Trinajstić information content (AvgIpc) is 3.12. The van der Waals surface area contributed by atoms with Gasteiger partial charge in [0, 0.05) is 29.7 Å². The minimum absolute atomic E-state index is 0.0197. The van der Waals surface area contributed by atoms with Gasteiger partial charge in [0.05, 0.1) is 6.33 Å². The normalized spacial score (nSPS) is 17.6. The van der Waals surface area contributed by atoms with Gasteiger partial charge in [-0.25, -0.2) is 4.98 Å². The van der Waals surface area contributed by atoms with Crippen molar-refractivity contribution in [1.82, 2.24) is 14.9 Å². The lowest BCUT2D eigenvalue weighted by molar-refractivity contribution is 0.0944. The molecule has 96 valence electrons. The van der Waals surface area contributed by atoms with E-state index in [9.17, 15) is 4.79 Å². The molecule has 2 aromatic rings. The second kappa shape index (κ2) is 5.10. The smallest absolute Gasteiger partial charge is 0.251 e. The lowest BCUT2D eigenvalue weighted by Gasteiger charge is -2.11. The Balaban J connectivity index is 1.71. The summed E-state index contributed by atoms with van der Waals surface area (Å²) in [6, 6.07) is 7.69. The van der Waals surface area contributed by atoms with E-state index in [0.717, 1.165) is 18.5 Å². The number of hydrogen-bond donors (Lipinski definition) is 1. The van der Waals surface area contributed by atoms with Crippen LogP contribution >= 0.6 is 0 Å². The van der Waals surface area contributed by atoms with Gasteiger partial charge in [-0.1, -0.05) is 12.2 Å². The highest BCUT2D eigenvalue weighted by atomic mass is 16.1. The number of imidazole rings is 1. The molecule has 0 aliphatic heterocycles. The molecule has 19 heavy (non-hydrogen) atoms. The molecule has 0 fully saturated rings. The first-order chi connectivity index (χ1) is 9.33. The zero-order valence-corrected chi connectivity index (χ0v) is 10.5. The molecule has 3 rings (SSSR count). The third kappa shape index (κ3) is 2.57. The van der Waals surface area contributed by atoms with Crippen molar-refractivity contribution in [2.75, 3.05) is 0 Å². The van der Waals surface area contributed by atoms with Gasteiger partial charge in [0.2, 0.25) is 0 Å². The molecule has 1 aliphatic carbocycles. The van der Waals surface area contributed by atoms with Crippen LogP contribution in [0.3, 0.4) is 0 Å². The van der Waals surface area contributed by atoms with Crippen molar-refractivity contribution in [3.63, 3.8) is 0 Å². The fraction of sp³-hybridized carbons (Fsp3) is 0.200. The van der Waals surface area contributed by atoms with E-state index in [1.54, 1.807) is 12.5 Å². The Morgan fingerprint density at radius 1 is 1.32 bits per heavy atom. The van der Waals surface area contributed by atoms with Gasteiger partial charge in [-0.05, 0) is 37.1 Å². The van der Waals surface area contributed by atoms with Crippen LogP contribution in [0.4, 0.5) is 0 Å². The summed E-state index contributed by atoms with van der Waals surface area (Å²) < 4.78 is 1.90. The molecule has 1 heterocycles. The maximum absolute atomic E-state index is 12.0. The summed E-state index contributed by atoms with van der Waals surface area (Å²) in [6.45, 7) is 0. The molecular weight excluding hydrogens is 238 g/mol. The number of allylic oxidation sites excluding steroid dienone is 1. The molecule has 0 spiro atoms. The molecule has 1 atom stereocenters. The molecule has 1 aliphatic rings. The highest BCUT2D eigenvalue weighted by Crippen LogP contribution is 2.12. The Hall–Kier alpha value is -2.36. The van der Waals surface area contributed by atoms with Gasteiger partial charge in [0.1, 0.15) is 0 Å². The van der Waals surface area contributed by atoms with E-state index in [-0.39, 0.29) is 11.9 Å². The summed E-state index contributed by atoms with van der Waals surface area (Å²) >= 11 is 0. The van der Waals surface area contributed by atoms with Crippen molar-refractivity contribution in [2.24, 2.45) is 0 Å². The Morgan fingerprint density at radius 3 is 2.79 bits per heavy atom. The first-order valence-electron chi connectivity index (χ1n) is 6.39. The molecule has 4 nitrogen and oxygen atoms in total. The fourth-order valence-electron chi connectivity index (χ4n) is 2.20. The number of benzene rings is 1. The molecule has 1 unspecified atom stereocenters. The van der Waals surface area contributed by atoms with Crippen LogP contribution in [-0.4, -0.2) is 21.5 Å². The van der Waals surface area contributed by atoms with E-state index in [1.807, 2.05) is 35.0 Å². The molecule has 0 radical (unpaired) electrons. The zero-order valence-electron chi connectivity index (χ0n) is 10.5. The Bertz CT molecular complexity index is 584. The minimum atomic E-state index is -0.0197. The lowest BCUT2D eigenvalue weighted by Crippen LogP contribution is -2.31. The van der Waals surface area contributed by atoms with Crippen LogP contribution in [0.1, 0.15) is 23.2 Å². The van der Waals surface area contributed by atoms with Gasteiger partial charge < -0.3 is 9.88 Å². The summed E-state index contributed by atoms with van der Waals surface area (Å²) in [4.78, 5) is 16.0. The maximum Gasteiger partial charge on any atom is 0.251 e. The topological polar surface area (TPSA) is 46.9 Å². The summed E-state index contributed by atoms with van der Waals surface area (Å²) in [5.74, 6) is -0.0197. The summed E-state index contributed by atoms with van der Waals surface area (Å²) in [7, 11) is 0. The summed E-state index contributed by atoms with van der Waals surface area (Å²) in [5, 5.41) is 3.00. The molecular formula is C15H15N3O. The molecule has 1 amide bonds. The first kappa shape index (κ1) is 11.7. The number of rotatable bonds is 3. The Morgan fingerprint density at radius 2 is 2.16 bits per heavy atom. The molecule has 0 saturated carbocycles. The number of nitrogens with one attached hydrogen (secondary N) is 1. The second-order valence-electron chi connectivity index (χ2n) is 4.60. The van der Waals surface area contributed by atoms with E-state index >= 15 is 0 Å². The predicted octanol–water partition coefficient (Wildman–Crippen LogP) is 2.32. The van der Waals surface area contributed by atoms with Crippen LogP contribution in [0.5, 0.6) is 0 Å². The lowest BCUT2D eigenvalue weighted by atomic mass is 10.1. The largest absolute Gasteiger partial charge is 0.346 e. The third-order valence-electron chi connectivity index (χ3n) is 3.26. The molecule has 1 aromatic heterocycles. The van der Waals surface area contributed by atoms with Gasteiger partial charge in [-0.2, -0.15) is 0 Å². The number of aromatic nitrogens is 2. The van der Waals surface area contributed by atoms with Crippen molar-refractivity contribution >= 4 is 5.91 Å². The number of carbonyl (C=O) groups excluding carboxylic acids is 1. The van der Waals surface area contributed by atoms with Crippen LogP contribution in [0, 0.1) is 0 Å². The molecule has 1 N–H and O–H groups in total. The van der Waals surface area contributed by atoms with E-state index in [2.05, 4.69) is 22.5 Å². The monoisotopic (exact) mass is 253 g/mol. The van der Waals surface area contributed by atoms with Gasteiger partial charge in [0.25, 0.3) is 5.91 Å². The number of carbonyl (C=O) groups is 1. The van der Waals surface area contributed by atoms with Gasteiger partial charge in [0.15, 0.2) is 0 Å². The zero-order chi connectivity index (χ0) is 13.1. The number of nitrogens with zero attached hydrogens (tertiary/aromatic N) is 2. The molecule has 0 bridgehead atoms. The van der Waals surface area contributed by atoms with Crippen LogP contribution in [0.15, 0.2) is 55.1 Å². The van der Waals surface area contributed by atoms with Crippen molar-refractivity contribution in [3.8, 4) is 5.69 Å². The van der Waals surface area contributed by atoms with Crippen LogP contribution < -0.4 is 5.32 Å². The van der Waals surface area contributed by atoms with Crippen molar-refractivity contribution in [2.45, 2.75) is 18.9 Å². The van der Waals surface area contributed by atoms with E-state index in [1.165, 1.54) is 0 Å². The van der Waals surface area contributed by atoms with E-state index in [0.29, 0.717) is 5.56 Å². The van der Waals surface area contributed by atoms with Gasteiger partial charge in [-0.3, -0.25) is 4.79 Å². The van der Waals surface area contributed by atoms with E-state index in [4.69, 9.17) is 0 Å². The summed E-state index contributed by atoms with van der Waals surface area (Å²) in [6.07, 6.45) is 11.5. The fourth-order valence-corrected chi connectivity index (χ4v) is 2.20. The van der Waals surface area contributed by atoms with Crippen LogP contribution in [-0.2, 0) is 0 Å². The van der Waals surface area contributed by atoms with Gasteiger partial charge >= 0.3 is 0 Å². The summed E-state index contributed by atoms with van der Waals surface area (Å²) in [5.41, 5.74) is 1.68. The minimum Gasteiger partial charge on any atom is -0.346 e. The van der Waals surface area contributed by atoms with Crippen molar-refractivity contribution < 1.29 is 4.79 Å². The van der Waals surface area contributed by atoms with Crippen molar-refractivity contribution in [1.29, 1.82) is 0 Å². The Kier molecular flexibility index (Phi) is 3.14. The van der Waals surface area contributed by atoms with Crippen LogP contribution in [0.25, 0.3) is 5.69 Å². The standard InChI is InChI=1S/C15H15N3O/c19-15(17-13-3-1-2-4-13)12-5-7-14(8-6-12)18-10-9-16-11-18/h1,3,5-11,13H,2,4H2,(H,17,19). The Labute approximate surface area is 111 Å². The molecule has 1 aromatic carbocycles. The number of amides is 1. The SMILES string of the molecule is O=C(NC1C=CCC1)c1ccc(-n2ccnc2)cc1. The quantitative estimate of drug-likeness (QED) is 0.853. The molecule has 4 heteroatoms. The van der Waals surface area contributed by atoms with Crippen molar-refractivity contribution in [3.05, 3.63) is 60.7 Å². The molecule has 0 saturated heterocycles. The first-order valence-corrected chi connectivity index (χ1v) is 6.39. The van der Waals surface area contributed by atoms with E-state index < -0.39 is 0 Å². The highest BCUT2D eigenvalue weighted by Gasteiger charge is 2.13. The maximum atomic E-state index is 12.0. The van der Waals surface area contributed by atoms with Gasteiger partial charge in [-0.15, -0.1) is 0 Å². The average molecular weight is 253 g/mol. The third-order valence-corrected chi connectivity index (χ3v) is 3.26.